The Kier molecular flexibility index (Phi) is 4.25. The van der Waals surface area contributed by atoms with Gasteiger partial charge in [-0.15, -0.1) is 0 Å². The lowest BCUT2D eigenvalue weighted by Gasteiger charge is -2.34. The summed E-state index contributed by atoms with van der Waals surface area (Å²) in [7, 11) is -3.48. The second-order valence-electron chi connectivity index (χ2n) is 4.88. The smallest absolute Gasteiger partial charge is 0.243 e. The first kappa shape index (κ1) is 14.5. The number of aliphatic hydroxyl groups excluding tert-OH is 1. The Morgan fingerprint density at radius 3 is 2.21 bits per heavy atom. The molecule has 1 fully saturated rings. The summed E-state index contributed by atoms with van der Waals surface area (Å²) >= 11 is 0. The molecule has 19 heavy (non-hydrogen) atoms. The molecule has 1 aliphatic rings. The van der Waals surface area contributed by atoms with E-state index in [0.29, 0.717) is 18.7 Å². The average Bonchev–Trinajstić information content (AvgIpc) is 2.37. The van der Waals surface area contributed by atoms with Crippen molar-refractivity contribution in [3.05, 3.63) is 29.8 Å². The molecule has 1 saturated heterocycles. The number of nitrogens with zero attached hydrogens (tertiary/aromatic N) is 1. The van der Waals surface area contributed by atoms with Gasteiger partial charge in [-0.3, -0.25) is 0 Å². The predicted octanol–water partition coefficient (Wildman–Crippen LogP) is 0.977. The zero-order chi connectivity index (χ0) is 14.0. The standard InChI is InChI=1S/C13H19NO4S/c1-10-7-14(8-11(2)18-10)19(16,17)13-5-3-12(9-15)4-6-13/h3-6,10-11,15H,7-9H2,1-2H3. The maximum Gasteiger partial charge on any atom is 0.243 e. The van der Waals surface area contributed by atoms with Gasteiger partial charge in [0, 0.05) is 13.1 Å². The summed E-state index contributed by atoms with van der Waals surface area (Å²) < 4.78 is 32.0. The van der Waals surface area contributed by atoms with Gasteiger partial charge in [0.1, 0.15) is 0 Å². The largest absolute Gasteiger partial charge is 0.392 e. The van der Waals surface area contributed by atoms with Gasteiger partial charge in [-0.05, 0) is 31.5 Å². The quantitative estimate of drug-likeness (QED) is 0.899. The van der Waals surface area contributed by atoms with Gasteiger partial charge in [-0.2, -0.15) is 4.31 Å². The van der Waals surface area contributed by atoms with E-state index in [9.17, 15) is 8.42 Å². The number of rotatable bonds is 3. The van der Waals surface area contributed by atoms with Crippen molar-refractivity contribution in [2.45, 2.75) is 37.6 Å². The number of benzene rings is 1. The van der Waals surface area contributed by atoms with E-state index in [0.717, 1.165) is 0 Å². The molecule has 0 amide bonds. The number of hydrogen-bond donors (Lipinski definition) is 1. The van der Waals surface area contributed by atoms with E-state index in [1.165, 1.54) is 16.4 Å². The molecule has 0 bridgehead atoms. The normalized spacial score (nSPS) is 25.4. The molecule has 1 heterocycles. The number of sulfonamides is 1. The van der Waals surface area contributed by atoms with Gasteiger partial charge in [0.2, 0.25) is 10.0 Å². The lowest BCUT2D eigenvalue weighted by molar-refractivity contribution is -0.0440. The van der Waals surface area contributed by atoms with Crippen LogP contribution in [0.5, 0.6) is 0 Å². The monoisotopic (exact) mass is 285 g/mol. The Morgan fingerprint density at radius 2 is 1.74 bits per heavy atom. The maximum absolute atomic E-state index is 12.5. The number of aliphatic hydroxyl groups is 1. The number of morpholine rings is 1. The molecule has 1 N–H and O–H groups in total. The first-order valence-corrected chi connectivity index (χ1v) is 7.73. The number of ether oxygens (including phenoxy) is 1. The molecule has 0 radical (unpaired) electrons. The fourth-order valence-electron chi connectivity index (χ4n) is 2.24. The van der Waals surface area contributed by atoms with Crippen LogP contribution >= 0.6 is 0 Å². The Labute approximate surface area is 113 Å². The summed E-state index contributed by atoms with van der Waals surface area (Å²) in [5.74, 6) is 0. The highest BCUT2D eigenvalue weighted by Crippen LogP contribution is 2.21. The lowest BCUT2D eigenvalue weighted by atomic mass is 10.2. The molecule has 0 spiro atoms. The third kappa shape index (κ3) is 3.14. The molecule has 5 nitrogen and oxygen atoms in total. The maximum atomic E-state index is 12.5. The van der Waals surface area contributed by atoms with Crippen LogP contribution in [0.15, 0.2) is 29.2 Å². The van der Waals surface area contributed by atoms with Gasteiger partial charge < -0.3 is 9.84 Å². The Hall–Kier alpha value is -0.950. The summed E-state index contributed by atoms with van der Waals surface area (Å²) in [5, 5.41) is 8.97. The highest BCUT2D eigenvalue weighted by Gasteiger charge is 2.31. The van der Waals surface area contributed by atoms with E-state index in [1.807, 2.05) is 13.8 Å². The van der Waals surface area contributed by atoms with Crippen molar-refractivity contribution < 1.29 is 18.3 Å². The van der Waals surface area contributed by atoms with Crippen molar-refractivity contribution in [2.24, 2.45) is 0 Å². The van der Waals surface area contributed by atoms with E-state index in [4.69, 9.17) is 9.84 Å². The molecule has 1 aliphatic heterocycles. The molecule has 0 aliphatic carbocycles. The zero-order valence-corrected chi connectivity index (χ0v) is 11.9. The van der Waals surface area contributed by atoms with Gasteiger partial charge in [-0.25, -0.2) is 8.42 Å². The second-order valence-corrected chi connectivity index (χ2v) is 6.82. The third-order valence-electron chi connectivity index (χ3n) is 3.13. The fourth-order valence-corrected chi connectivity index (χ4v) is 3.83. The molecule has 2 atom stereocenters. The average molecular weight is 285 g/mol. The Balaban J connectivity index is 2.25. The summed E-state index contributed by atoms with van der Waals surface area (Å²) in [4.78, 5) is 0.256. The van der Waals surface area contributed by atoms with Crippen LogP contribution < -0.4 is 0 Å². The summed E-state index contributed by atoms with van der Waals surface area (Å²) in [6.07, 6.45) is -0.203. The van der Waals surface area contributed by atoms with Gasteiger partial charge in [-0.1, -0.05) is 12.1 Å². The highest BCUT2D eigenvalue weighted by atomic mass is 32.2. The van der Waals surface area contributed by atoms with Crippen molar-refractivity contribution in [1.29, 1.82) is 0 Å². The molecule has 106 valence electrons. The van der Waals surface area contributed by atoms with Crippen LogP contribution in [0.25, 0.3) is 0 Å². The van der Waals surface area contributed by atoms with E-state index in [2.05, 4.69) is 0 Å². The van der Waals surface area contributed by atoms with Crippen LogP contribution in [0.4, 0.5) is 0 Å². The van der Waals surface area contributed by atoms with E-state index in [-0.39, 0.29) is 23.7 Å². The van der Waals surface area contributed by atoms with Gasteiger partial charge in [0.15, 0.2) is 0 Å². The molecule has 1 aromatic rings. The molecular weight excluding hydrogens is 266 g/mol. The van der Waals surface area contributed by atoms with Crippen LogP contribution in [-0.4, -0.2) is 43.1 Å². The zero-order valence-electron chi connectivity index (χ0n) is 11.1. The lowest BCUT2D eigenvalue weighted by Crippen LogP contribution is -2.48. The van der Waals surface area contributed by atoms with Crippen molar-refractivity contribution in [3.63, 3.8) is 0 Å². The molecule has 0 saturated carbocycles. The minimum atomic E-state index is -3.48. The van der Waals surface area contributed by atoms with Crippen LogP contribution in [0.1, 0.15) is 19.4 Å². The van der Waals surface area contributed by atoms with Gasteiger partial charge in [0.05, 0.1) is 23.7 Å². The highest BCUT2D eigenvalue weighted by molar-refractivity contribution is 7.89. The summed E-state index contributed by atoms with van der Waals surface area (Å²) in [6.45, 7) is 4.38. The van der Waals surface area contributed by atoms with Gasteiger partial charge in [0.25, 0.3) is 0 Å². The second kappa shape index (κ2) is 5.58. The van der Waals surface area contributed by atoms with E-state index >= 15 is 0 Å². The minimum absolute atomic E-state index is 0.0913. The Morgan fingerprint density at radius 1 is 1.21 bits per heavy atom. The predicted molar refractivity (Wildman–Crippen MR) is 71.1 cm³/mol. The molecule has 2 rings (SSSR count). The fraction of sp³-hybridized carbons (Fsp3) is 0.538. The molecule has 6 heteroatoms. The topological polar surface area (TPSA) is 66.8 Å². The first-order chi connectivity index (χ1) is 8.93. The van der Waals surface area contributed by atoms with Gasteiger partial charge >= 0.3 is 0 Å². The van der Waals surface area contributed by atoms with E-state index in [1.54, 1.807) is 12.1 Å². The van der Waals surface area contributed by atoms with Crippen LogP contribution in [0.3, 0.4) is 0 Å². The van der Waals surface area contributed by atoms with Crippen LogP contribution in [0.2, 0.25) is 0 Å². The first-order valence-electron chi connectivity index (χ1n) is 6.29. The minimum Gasteiger partial charge on any atom is -0.392 e. The number of hydrogen-bond acceptors (Lipinski definition) is 4. The molecule has 1 aromatic carbocycles. The van der Waals surface area contributed by atoms with Crippen molar-refractivity contribution in [2.75, 3.05) is 13.1 Å². The third-order valence-corrected chi connectivity index (χ3v) is 4.98. The van der Waals surface area contributed by atoms with Crippen LogP contribution in [0, 0.1) is 0 Å². The molecule has 0 aromatic heterocycles. The van der Waals surface area contributed by atoms with Crippen molar-refractivity contribution in [3.8, 4) is 0 Å². The molecular formula is C13H19NO4S. The molecule has 2 unspecified atom stereocenters. The van der Waals surface area contributed by atoms with Crippen LogP contribution in [-0.2, 0) is 21.4 Å². The van der Waals surface area contributed by atoms with E-state index < -0.39 is 10.0 Å². The SMILES string of the molecule is CC1CN(S(=O)(=O)c2ccc(CO)cc2)CC(C)O1. The van der Waals surface area contributed by atoms with Crippen molar-refractivity contribution >= 4 is 10.0 Å². The van der Waals surface area contributed by atoms with Crippen molar-refractivity contribution in [1.82, 2.24) is 4.31 Å². The summed E-state index contributed by atoms with van der Waals surface area (Å²) in [5.41, 5.74) is 0.697. The Bertz CT molecular complexity index is 516. The summed E-state index contributed by atoms with van der Waals surface area (Å²) in [6, 6.07) is 6.32.